The molecule has 1 atom stereocenters. The van der Waals surface area contributed by atoms with Gasteiger partial charge in [-0.05, 0) is 33.8 Å². The van der Waals surface area contributed by atoms with Gasteiger partial charge in [-0.3, -0.25) is 9.59 Å². The lowest BCUT2D eigenvalue weighted by Gasteiger charge is -2.23. The van der Waals surface area contributed by atoms with Crippen LogP contribution in [0.1, 0.15) is 27.7 Å². The first kappa shape index (κ1) is 15.4. The molecular formula is C14H23N3O2. The Labute approximate surface area is 114 Å². The molecule has 0 aliphatic carbocycles. The molecule has 19 heavy (non-hydrogen) atoms. The highest BCUT2D eigenvalue weighted by Crippen LogP contribution is 1.99. The quantitative estimate of drug-likeness (QED) is 0.825. The number of carbonyl (C=O) groups is 1. The van der Waals surface area contributed by atoms with Gasteiger partial charge in [0.15, 0.2) is 0 Å². The summed E-state index contributed by atoms with van der Waals surface area (Å²) in [6, 6.07) is 4.78. The highest BCUT2D eigenvalue weighted by molar-refractivity contribution is 5.81. The van der Waals surface area contributed by atoms with E-state index in [2.05, 4.69) is 10.6 Å². The molecule has 0 radical (unpaired) electrons. The fourth-order valence-corrected chi connectivity index (χ4v) is 1.62. The summed E-state index contributed by atoms with van der Waals surface area (Å²) >= 11 is 0. The molecule has 0 saturated heterocycles. The van der Waals surface area contributed by atoms with E-state index in [1.165, 1.54) is 6.07 Å². The van der Waals surface area contributed by atoms with Crippen LogP contribution in [0.25, 0.3) is 0 Å². The van der Waals surface area contributed by atoms with Gasteiger partial charge in [0, 0.05) is 30.9 Å². The normalized spacial score (nSPS) is 13.1. The number of pyridine rings is 1. The van der Waals surface area contributed by atoms with Crippen LogP contribution in [0.2, 0.25) is 0 Å². The topological polar surface area (TPSA) is 63.1 Å². The number of nitrogens with zero attached hydrogens (tertiary/aromatic N) is 1. The third kappa shape index (κ3) is 5.70. The van der Waals surface area contributed by atoms with Crippen molar-refractivity contribution in [3.63, 3.8) is 0 Å². The Morgan fingerprint density at radius 2 is 2.05 bits per heavy atom. The van der Waals surface area contributed by atoms with Crippen LogP contribution in [-0.2, 0) is 11.3 Å². The zero-order chi connectivity index (χ0) is 14.5. The van der Waals surface area contributed by atoms with Crippen molar-refractivity contribution in [1.82, 2.24) is 15.2 Å². The average Bonchev–Trinajstić information content (AvgIpc) is 2.29. The summed E-state index contributed by atoms with van der Waals surface area (Å²) in [6.07, 6.45) is 1.74. The Bertz CT molecular complexity index is 474. The van der Waals surface area contributed by atoms with Gasteiger partial charge in [-0.1, -0.05) is 6.07 Å². The lowest BCUT2D eigenvalue weighted by atomic mass is 10.1. The smallest absolute Gasteiger partial charge is 0.250 e. The van der Waals surface area contributed by atoms with Crippen LogP contribution in [0.4, 0.5) is 0 Å². The molecule has 1 aromatic rings. The summed E-state index contributed by atoms with van der Waals surface area (Å²) in [5, 5.41) is 6.02. The average molecular weight is 265 g/mol. The molecule has 1 aromatic heterocycles. The maximum absolute atomic E-state index is 11.8. The van der Waals surface area contributed by atoms with Gasteiger partial charge in [0.2, 0.25) is 5.91 Å². The van der Waals surface area contributed by atoms with Gasteiger partial charge in [-0.2, -0.15) is 0 Å². The van der Waals surface area contributed by atoms with E-state index >= 15 is 0 Å². The molecule has 0 aliphatic heterocycles. The van der Waals surface area contributed by atoms with E-state index in [0.29, 0.717) is 13.1 Å². The molecule has 1 unspecified atom stereocenters. The Morgan fingerprint density at radius 3 is 2.63 bits per heavy atom. The maximum Gasteiger partial charge on any atom is 0.250 e. The zero-order valence-electron chi connectivity index (χ0n) is 12.1. The molecule has 5 nitrogen and oxygen atoms in total. The molecule has 106 valence electrons. The largest absolute Gasteiger partial charge is 0.350 e. The number of rotatable bonds is 5. The van der Waals surface area contributed by atoms with Crippen molar-refractivity contribution >= 4 is 5.91 Å². The minimum atomic E-state index is -0.279. The predicted molar refractivity (Wildman–Crippen MR) is 76.1 cm³/mol. The maximum atomic E-state index is 11.8. The van der Waals surface area contributed by atoms with Crippen LogP contribution in [0.15, 0.2) is 29.2 Å². The molecule has 0 saturated carbocycles. The summed E-state index contributed by atoms with van der Waals surface area (Å²) in [5.74, 6) is -0.0343. The Kier molecular flexibility index (Phi) is 5.30. The molecule has 0 spiro atoms. The van der Waals surface area contributed by atoms with Gasteiger partial charge in [-0.15, -0.1) is 0 Å². The number of amides is 1. The molecule has 0 aliphatic rings. The molecular weight excluding hydrogens is 242 g/mol. The molecule has 2 N–H and O–H groups in total. The highest BCUT2D eigenvalue weighted by Gasteiger charge is 2.18. The first-order valence-electron chi connectivity index (χ1n) is 6.50. The van der Waals surface area contributed by atoms with Crippen LogP contribution < -0.4 is 16.2 Å². The molecule has 1 amide bonds. The van der Waals surface area contributed by atoms with Crippen molar-refractivity contribution in [3.8, 4) is 0 Å². The fourth-order valence-electron chi connectivity index (χ4n) is 1.62. The molecule has 0 aromatic carbocycles. The van der Waals surface area contributed by atoms with Crippen LogP contribution >= 0.6 is 0 Å². The molecule has 0 bridgehead atoms. The van der Waals surface area contributed by atoms with E-state index in [1.54, 1.807) is 16.8 Å². The molecule has 1 heterocycles. The zero-order valence-corrected chi connectivity index (χ0v) is 12.1. The Morgan fingerprint density at radius 1 is 1.37 bits per heavy atom. The van der Waals surface area contributed by atoms with Gasteiger partial charge >= 0.3 is 0 Å². The van der Waals surface area contributed by atoms with Gasteiger partial charge < -0.3 is 15.2 Å². The van der Waals surface area contributed by atoms with Crippen LogP contribution in [0.5, 0.6) is 0 Å². The number of carbonyl (C=O) groups excluding carboxylic acids is 1. The van der Waals surface area contributed by atoms with E-state index in [-0.39, 0.29) is 23.0 Å². The van der Waals surface area contributed by atoms with E-state index in [0.717, 1.165) is 0 Å². The highest BCUT2D eigenvalue weighted by atomic mass is 16.2. The van der Waals surface area contributed by atoms with Crippen molar-refractivity contribution in [2.24, 2.45) is 0 Å². The second-order valence-corrected chi connectivity index (χ2v) is 5.65. The minimum absolute atomic E-state index is 0.0314. The molecule has 5 heteroatoms. The standard InChI is InChI=1S/C14H23N3O2/c1-11(13(19)16-14(2,3)4)15-8-10-17-9-6-5-7-12(17)18/h5-7,9,11,15H,8,10H2,1-4H3,(H,16,19). The van der Waals surface area contributed by atoms with E-state index < -0.39 is 0 Å². The molecule has 1 rings (SSSR count). The number of nitrogens with one attached hydrogen (secondary N) is 2. The summed E-state index contributed by atoms with van der Waals surface area (Å²) < 4.78 is 1.61. The Hall–Kier alpha value is -1.62. The van der Waals surface area contributed by atoms with Gasteiger partial charge in [0.25, 0.3) is 5.56 Å². The van der Waals surface area contributed by atoms with Crippen molar-refractivity contribution in [1.29, 1.82) is 0 Å². The summed E-state index contributed by atoms with van der Waals surface area (Å²) in [6.45, 7) is 8.77. The third-order valence-electron chi connectivity index (χ3n) is 2.59. The fraction of sp³-hybridized carbons (Fsp3) is 0.571. The Balaban J connectivity index is 2.39. The van der Waals surface area contributed by atoms with Crippen molar-refractivity contribution < 1.29 is 4.79 Å². The van der Waals surface area contributed by atoms with E-state index in [4.69, 9.17) is 0 Å². The second kappa shape index (κ2) is 6.52. The first-order chi connectivity index (χ1) is 8.79. The van der Waals surface area contributed by atoms with Crippen molar-refractivity contribution in [3.05, 3.63) is 34.7 Å². The SMILES string of the molecule is CC(NCCn1ccccc1=O)C(=O)NC(C)(C)C. The van der Waals surface area contributed by atoms with Crippen LogP contribution in [0.3, 0.4) is 0 Å². The first-order valence-corrected chi connectivity index (χ1v) is 6.50. The van der Waals surface area contributed by atoms with Gasteiger partial charge in [0.05, 0.1) is 6.04 Å². The van der Waals surface area contributed by atoms with Crippen molar-refractivity contribution in [2.45, 2.75) is 45.8 Å². The molecule has 0 fully saturated rings. The van der Waals surface area contributed by atoms with Crippen molar-refractivity contribution in [2.75, 3.05) is 6.54 Å². The lowest BCUT2D eigenvalue weighted by Crippen LogP contribution is -2.50. The van der Waals surface area contributed by atoms with Gasteiger partial charge in [-0.25, -0.2) is 0 Å². The summed E-state index contributed by atoms with van der Waals surface area (Å²) in [5.41, 5.74) is -0.264. The number of hydrogen-bond donors (Lipinski definition) is 2. The second-order valence-electron chi connectivity index (χ2n) is 5.65. The number of aromatic nitrogens is 1. The third-order valence-corrected chi connectivity index (χ3v) is 2.59. The summed E-state index contributed by atoms with van der Waals surface area (Å²) in [7, 11) is 0. The van der Waals surface area contributed by atoms with Gasteiger partial charge in [0.1, 0.15) is 0 Å². The monoisotopic (exact) mass is 265 g/mol. The lowest BCUT2D eigenvalue weighted by molar-refractivity contribution is -0.124. The van der Waals surface area contributed by atoms with E-state index in [9.17, 15) is 9.59 Å². The predicted octanol–water partition coefficient (Wildman–Crippen LogP) is 0.741. The number of hydrogen-bond acceptors (Lipinski definition) is 3. The summed E-state index contributed by atoms with van der Waals surface area (Å²) in [4.78, 5) is 23.3. The van der Waals surface area contributed by atoms with Crippen LogP contribution in [-0.4, -0.2) is 28.6 Å². The van der Waals surface area contributed by atoms with Crippen LogP contribution in [0, 0.1) is 0 Å². The van der Waals surface area contributed by atoms with E-state index in [1.807, 2.05) is 33.8 Å². The minimum Gasteiger partial charge on any atom is -0.350 e.